The highest BCUT2D eigenvalue weighted by Gasteiger charge is 2.18. The van der Waals surface area contributed by atoms with Gasteiger partial charge in [-0.3, -0.25) is 9.59 Å². The van der Waals surface area contributed by atoms with Crippen molar-refractivity contribution in [3.05, 3.63) is 34.9 Å². The summed E-state index contributed by atoms with van der Waals surface area (Å²) in [6, 6.07) is 5.48. The number of rotatable bonds is 6. The van der Waals surface area contributed by atoms with E-state index in [0.29, 0.717) is 0 Å². The Kier molecular flexibility index (Phi) is 6.56. The standard InChI is InChI=1S/C17H27N3O2/c1-10(2)16(18)17(22)19-9-15(21)20-13(5)14-7-11(3)6-12(4)8-14/h6-8,10,13,16H,9,18H2,1-5H3,(H,19,22)(H,20,21)/t13?,16-/m0/s1. The largest absolute Gasteiger partial charge is 0.348 e. The summed E-state index contributed by atoms with van der Waals surface area (Å²) in [7, 11) is 0. The summed E-state index contributed by atoms with van der Waals surface area (Å²) in [5.74, 6) is -0.488. The van der Waals surface area contributed by atoms with Crippen LogP contribution in [0.25, 0.3) is 0 Å². The van der Waals surface area contributed by atoms with Crippen LogP contribution in [0.5, 0.6) is 0 Å². The van der Waals surface area contributed by atoms with E-state index in [1.54, 1.807) is 0 Å². The van der Waals surface area contributed by atoms with Gasteiger partial charge in [0, 0.05) is 0 Å². The van der Waals surface area contributed by atoms with E-state index in [0.717, 1.165) is 16.7 Å². The first-order chi connectivity index (χ1) is 10.2. The van der Waals surface area contributed by atoms with Crippen LogP contribution in [-0.2, 0) is 9.59 Å². The van der Waals surface area contributed by atoms with Crippen molar-refractivity contribution in [3.63, 3.8) is 0 Å². The average Bonchev–Trinajstić information content (AvgIpc) is 2.42. The molecule has 1 aromatic carbocycles. The molecule has 4 N–H and O–H groups in total. The molecule has 0 aromatic heterocycles. The van der Waals surface area contributed by atoms with Gasteiger partial charge in [-0.2, -0.15) is 0 Å². The number of aryl methyl sites for hydroxylation is 2. The maximum atomic E-state index is 11.9. The molecular formula is C17H27N3O2. The molecule has 0 saturated carbocycles. The predicted octanol–water partition coefficient (Wildman–Crippen LogP) is 1.58. The molecule has 0 aliphatic rings. The summed E-state index contributed by atoms with van der Waals surface area (Å²) < 4.78 is 0. The van der Waals surface area contributed by atoms with Crippen LogP contribution in [0.1, 0.15) is 43.5 Å². The molecule has 0 aliphatic carbocycles. The number of carbonyl (C=O) groups is 2. The smallest absolute Gasteiger partial charge is 0.239 e. The van der Waals surface area contributed by atoms with E-state index in [9.17, 15) is 9.59 Å². The molecular weight excluding hydrogens is 278 g/mol. The van der Waals surface area contributed by atoms with Gasteiger partial charge >= 0.3 is 0 Å². The quantitative estimate of drug-likeness (QED) is 0.746. The third kappa shape index (κ3) is 5.48. The Hall–Kier alpha value is -1.88. The number of hydrogen-bond acceptors (Lipinski definition) is 3. The van der Waals surface area contributed by atoms with E-state index in [1.165, 1.54) is 0 Å². The monoisotopic (exact) mass is 305 g/mol. The molecule has 0 spiro atoms. The lowest BCUT2D eigenvalue weighted by atomic mass is 10.0. The Morgan fingerprint density at radius 1 is 1.09 bits per heavy atom. The van der Waals surface area contributed by atoms with Crippen LogP contribution in [0.15, 0.2) is 18.2 Å². The minimum atomic E-state index is -0.593. The Morgan fingerprint density at radius 3 is 2.14 bits per heavy atom. The minimum Gasteiger partial charge on any atom is -0.348 e. The molecule has 5 heteroatoms. The number of hydrogen-bond donors (Lipinski definition) is 3. The molecule has 0 bridgehead atoms. The molecule has 0 radical (unpaired) electrons. The molecule has 2 amide bonds. The lowest BCUT2D eigenvalue weighted by molar-refractivity contribution is -0.127. The van der Waals surface area contributed by atoms with Crippen molar-refractivity contribution in [2.24, 2.45) is 11.7 Å². The fourth-order valence-corrected chi connectivity index (χ4v) is 2.22. The van der Waals surface area contributed by atoms with Crippen molar-refractivity contribution < 1.29 is 9.59 Å². The normalized spacial score (nSPS) is 13.6. The van der Waals surface area contributed by atoms with Gasteiger partial charge in [-0.1, -0.05) is 43.2 Å². The summed E-state index contributed by atoms with van der Waals surface area (Å²) in [5.41, 5.74) is 9.10. The summed E-state index contributed by atoms with van der Waals surface area (Å²) in [6.45, 7) is 9.65. The van der Waals surface area contributed by atoms with Crippen LogP contribution in [0.4, 0.5) is 0 Å². The van der Waals surface area contributed by atoms with E-state index < -0.39 is 6.04 Å². The van der Waals surface area contributed by atoms with Crippen LogP contribution < -0.4 is 16.4 Å². The van der Waals surface area contributed by atoms with Crippen molar-refractivity contribution in [1.29, 1.82) is 0 Å². The van der Waals surface area contributed by atoms with E-state index in [-0.39, 0.29) is 30.3 Å². The highest BCUT2D eigenvalue weighted by molar-refractivity contribution is 5.87. The first-order valence-electron chi connectivity index (χ1n) is 7.61. The van der Waals surface area contributed by atoms with E-state index >= 15 is 0 Å². The SMILES string of the molecule is Cc1cc(C)cc(C(C)NC(=O)CNC(=O)[C@@H](N)C(C)C)c1. The van der Waals surface area contributed by atoms with Crippen molar-refractivity contribution in [1.82, 2.24) is 10.6 Å². The van der Waals surface area contributed by atoms with E-state index in [1.807, 2.05) is 46.8 Å². The maximum Gasteiger partial charge on any atom is 0.239 e. The second-order valence-corrected chi connectivity index (χ2v) is 6.20. The molecule has 0 heterocycles. The highest BCUT2D eigenvalue weighted by Crippen LogP contribution is 2.16. The van der Waals surface area contributed by atoms with Crippen LogP contribution in [-0.4, -0.2) is 24.4 Å². The van der Waals surface area contributed by atoms with Crippen molar-refractivity contribution in [2.75, 3.05) is 6.54 Å². The van der Waals surface area contributed by atoms with Gasteiger partial charge in [0.2, 0.25) is 11.8 Å². The zero-order chi connectivity index (χ0) is 16.9. The minimum absolute atomic E-state index is 0.0391. The topological polar surface area (TPSA) is 84.2 Å². The highest BCUT2D eigenvalue weighted by atomic mass is 16.2. The summed E-state index contributed by atoms with van der Waals surface area (Å²) in [5, 5.41) is 5.45. The van der Waals surface area contributed by atoms with Crippen molar-refractivity contribution in [3.8, 4) is 0 Å². The molecule has 0 saturated heterocycles. The van der Waals surface area contributed by atoms with Gasteiger partial charge in [0.1, 0.15) is 0 Å². The fourth-order valence-electron chi connectivity index (χ4n) is 2.22. The van der Waals surface area contributed by atoms with Crippen LogP contribution in [0.3, 0.4) is 0 Å². The van der Waals surface area contributed by atoms with Gasteiger partial charge in [-0.05, 0) is 32.3 Å². The molecule has 1 unspecified atom stereocenters. The summed E-state index contributed by atoms with van der Waals surface area (Å²) in [4.78, 5) is 23.6. The maximum absolute atomic E-state index is 11.9. The van der Waals surface area contributed by atoms with Gasteiger partial charge < -0.3 is 16.4 Å². The first kappa shape index (κ1) is 18.2. The third-order valence-corrected chi connectivity index (χ3v) is 3.57. The lowest BCUT2D eigenvalue weighted by Crippen LogP contribution is -2.47. The fraction of sp³-hybridized carbons (Fsp3) is 0.529. The Morgan fingerprint density at radius 2 is 1.64 bits per heavy atom. The van der Waals surface area contributed by atoms with E-state index in [4.69, 9.17) is 5.73 Å². The van der Waals surface area contributed by atoms with Crippen LogP contribution in [0, 0.1) is 19.8 Å². The molecule has 1 rings (SSSR count). The summed E-state index contributed by atoms with van der Waals surface area (Å²) >= 11 is 0. The Labute approximate surface area is 132 Å². The van der Waals surface area contributed by atoms with Crippen molar-refractivity contribution in [2.45, 2.75) is 46.7 Å². The molecule has 0 aliphatic heterocycles. The van der Waals surface area contributed by atoms with Gasteiger partial charge in [0.25, 0.3) is 0 Å². The van der Waals surface area contributed by atoms with Gasteiger partial charge in [0.15, 0.2) is 0 Å². The molecule has 22 heavy (non-hydrogen) atoms. The van der Waals surface area contributed by atoms with Gasteiger partial charge in [-0.15, -0.1) is 0 Å². The molecule has 0 fully saturated rings. The Balaban J connectivity index is 2.52. The van der Waals surface area contributed by atoms with Crippen molar-refractivity contribution >= 4 is 11.8 Å². The number of nitrogens with one attached hydrogen (secondary N) is 2. The molecule has 5 nitrogen and oxygen atoms in total. The average molecular weight is 305 g/mol. The predicted molar refractivity (Wildman–Crippen MR) is 88.3 cm³/mol. The van der Waals surface area contributed by atoms with Gasteiger partial charge in [0.05, 0.1) is 18.6 Å². The second kappa shape index (κ2) is 7.94. The summed E-state index contributed by atoms with van der Waals surface area (Å²) in [6.07, 6.45) is 0. The first-order valence-corrected chi connectivity index (χ1v) is 7.61. The number of amides is 2. The third-order valence-electron chi connectivity index (χ3n) is 3.57. The second-order valence-electron chi connectivity index (χ2n) is 6.20. The zero-order valence-corrected chi connectivity index (χ0v) is 14.1. The number of nitrogens with two attached hydrogens (primary N) is 1. The molecule has 1 aromatic rings. The van der Waals surface area contributed by atoms with E-state index in [2.05, 4.69) is 16.7 Å². The van der Waals surface area contributed by atoms with Gasteiger partial charge in [-0.25, -0.2) is 0 Å². The number of benzene rings is 1. The Bertz CT molecular complexity index is 520. The zero-order valence-electron chi connectivity index (χ0n) is 14.1. The number of carbonyl (C=O) groups excluding carboxylic acids is 2. The van der Waals surface area contributed by atoms with Crippen LogP contribution in [0.2, 0.25) is 0 Å². The lowest BCUT2D eigenvalue weighted by Gasteiger charge is -2.18. The van der Waals surface area contributed by atoms with Crippen LogP contribution >= 0.6 is 0 Å². The molecule has 2 atom stereocenters. The molecule has 122 valence electrons.